The third-order valence-electron chi connectivity index (χ3n) is 8.30. The minimum atomic E-state index is -4.62. The molecule has 1 saturated heterocycles. The molecule has 15 heteroatoms. The van der Waals surface area contributed by atoms with E-state index in [9.17, 15) is 28.0 Å². The van der Waals surface area contributed by atoms with Crippen molar-refractivity contribution in [3.63, 3.8) is 0 Å². The number of rotatable bonds is 6. The van der Waals surface area contributed by atoms with Crippen molar-refractivity contribution in [1.29, 1.82) is 5.26 Å². The summed E-state index contributed by atoms with van der Waals surface area (Å²) in [7, 11) is 5.38. The normalized spacial score (nSPS) is 17.0. The van der Waals surface area contributed by atoms with Gasteiger partial charge in [0.25, 0.3) is 0 Å². The van der Waals surface area contributed by atoms with Crippen molar-refractivity contribution in [1.82, 2.24) is 14.8 Å². The number of allylic oxidation sites excluding steroid dienone is 1. The van der Waals surface area contributed by atoms with E-state index in [1.165, 1.54) is 28.7 Å². The van der Waals surface area contributed by atoms with E-state index in [0.717, 1.165) is 30.5 Å². The van der Waals surface area contributed by atoms with Crippen molar-refractivity contribution < 1.29 is 41.8 Å². The van der Waals surface area contributed by atoms with Gasteiger partial charge in [-0.05, 0) is 42.8 Å². The second-order valence-electron chi connectivity index (χ2n) is 11.4. The molecule has 1 atom stereocenters. The highest BCUT2D eigenvalue weighted by atomic mass is 19.4. The molecule has 2 aromatic carbocycles. The number of carboxylic acid groups (broad SMARTS) is 1. The smallest absolute Gasteiger partial charge is 0.416 e. The quantitative estimate of drug-likeness (QED) is 0.243. The van der Waals surface area contributed by atoms with Crippen LogP contribution in [0, 0.1) is 11.3 Å². The van der Waals surface area contributed by atoms with Crippen molar-refractivity contribution in [2.45, 2.75) is 44.6 Å². The molecule has 0 radical (unpaired) electrons. The van der Waals surface area contributed by atoms with Crippen LogP contribution in [-0.4, -0.2) is 72.1 Å². The third-order valence-corrected chi connectivity index (χ3v) is 8.30. The number of esters is 1. The second kappa shape index (κ2) is 13.6. The molecule has 0 spiro atoms. The first-order valence-electron chi connectivity index (χ1n) is 14.2. The number of alkyl halides is 3. The first-order chi connectivity index (χ1) is 21.8. The average Bonchev–Trinajstić information content (AvgIpc) is 3.41. The Kier molecular flexibility index (Phi) is 10.0. The third kappa shape index (κ3) is 6.68. The number of benzene rings is 2. The maximum absolute atomic E-state index is 13.6. The van der Waals surface area contributed by atoms with E-state index in [1.807, 2.05) is 0 Å². The molecule has 1 N–H and O–H groups in total. The number of fused-ring (bicyclic) bond motifs is 1. The molecule has 0 unspecified atom stereocenters. The lowest BCUT2D eigenvalue weighted by Crippen LogP contribution is -2.50. The zero-order chi connectivity index (χ0) is 33.8. The molecule has 244 valence electrons. The van der Waals surface area contributed by atoms with E-state index in [-0.39, 0.29) is 28.9 Å². The van der Waals surface area contributed by atoms with Crippen LogP contribution in [0.3, 0.4) is 0 Å². The summed E-state index contributed by atoms with van der Waals surface area (Å²) < 4.78 is 53.5. The molecule has 0 amide bonds. The summed E-state index contributed by atoms with van der Waals surface area (Å²) in [6.45, 7) is 2.84. The number of nitriles is 1. The van der Waals surface area contributed by atoms with Crippen LogP contribution in [-0.2, 0) is 31.8 Å². The molecular weight excluding hydrogens is 609 g/mol. The monoisotopic (exact) mass is 642 g/mol. The Bertz CT molecular complexity index is 1730. The first kappa shape index (κ1) is 33.9. The molecule has 0 saturated carbocycles. The van der Waals surface area contributed by atoms with Gasteiger partial charge in [-0.1, -0.05) is 12.1 Å². The lowest BCUT2D eigenvalue weighted by molar-refractivity contribution is -0.929. The van der Waals surface area contributed by atoms with Crippen LogP contribution < -0.4 is 15.7 Å². The van der Waals surface area contributed by atoms with E-state index in [1.54, 1.807) is 25.1 Å². The van der Waals surface area contributed by atoms with E-state index in [0.29, 0.717) is 35.4 Å². The Labute approximate surface area is 262 Å². The highest BCUT2D eigenvalue weighted by Crippen LogP contribution is 2.44. The summed E-state index contributed by atoms with van der Waals surface area (Å²) in [6, 6.07) is 11.1. The van der Waals surface area contributed by atoms with E-state index >= 15 is 0 Å². The van der Waals surface area contributed by atoms with Crippen LogP contribution in [0.1, 0.15) is 48.1 Å². The number of aromatic nitrogens is 3. The molecule has 5 rings (SSSR count). The Hall–Kier alpha value is -4.94. The Balaban J connectivity index is 0.00000154. The average molecular weight is 643 g/mol. The fraction of sp³-hybridized carbons (Fsp3) is 0.387. The predicted molar refractivity (Wildman–Crippen MR) is 156 cm³/mol. The molecule has 12 nitrogen and oxygen atoms in total. The number of hydrogen-bond donors (Lipinski definition) is 1. The van der Waals surface area contributed by atoms with Crippen LogP contribution in [0.5, 0.6) is 0 Å². The van der Waals surface area contributed by atoms with Crippen LogP contribution in [0.4, 0.5) is 24.8 Å². The van der Waals surface area contributed by atoms with Gasteiger partial charge in [0.05, 0.1) is 63.2 Å². The fourth-order valence-electron chi connectivity index (χ4n) is 6.11. The molecule has 46 heavy (non-hydrogen) atoms. The van der Waals surface area contributed by atoms with Crippen molar-refractivity contribution in [2.75, 3.05) is 39.3 Å². The fourth-order valence-corrected chi connectivity index (χ4v) is 6.11. The van der Waals surface area contributed by atoms with Crippen LogP contribution >= 0.6 is 0 Å². The minimum Gasteiger partial charge on any atom is -0.554 e. The second-order valence-corrected chi connectivity index (χ2v) is 11.4. The summed E-state index contributed by atoms with van der Waals surface area (Å²) in [6.07, 6.45) is -2.91. The number of nitrogens with zero attached hydrogens (tertiary/aromatic N) is 5. The minimum absolute atomic E-state index is 0.00738. The molecule has 1 aromatic heterocycles. The summed E-state index contributed by atoms with van der Waals surface area (Å²) in [4.78, 5) is 36.4. The molecule has 2 aliphatic heterocycles. The molecule has 0 aliphatic carbocycles. The van der Waals surface area contributed by atoms with Gasteiger partial charge in [0, 0.05) is 36.3 Å². The maximum Gasteiger partial charge on any atom is 0.416 e. The van der Waals surface area contributed by atoms with E-state index in [4.69, 9.17) is 19.4 Å². The maximum atomic E-state index is 13.6. The van der Waals surface area contributed by atoms with Gasteiger partial charge in [-0.2, -0.15) is 18.4 Å². The number of hydrogen-bond acceptors (Lipinski definition) is 9. The standard InChI is InChI=1S/C30H31F3N6O4.CH2O2/c1-18-25(27(40)42-4)26(24-9-8-19(16-34)14-20(24)17-39(2,3)23-10-12-43-13-11-23)38-28(35-36-29(38)41)37(18)22-7-5-6-21(15-22)30(31,32)33;2-1-3/h5-9,14-15,23,26H,10-13,17H2,1-4H3;1H,(H,2,3)/t26-;/m1./s1. The SMILES string of the molecule is COC(=O)C1=C(C)N(c2cccc(C(F)(F)F)c2)c2n[nH]c(=O)n2[C@@H]1c1ccc(C#N)cc1C[N+](C)(C)C1CCOCC1.O=C[O-]. The van der Waals surface area contributed by atoms with E-state index < -0.39 is 35.9 Å². The number of halogens is 3. The van der Waals surface area contributed by atoms with Gasteiger partial charge in [-0.25, -0.2) is 19.3 Å². The van der Waals surface area contributed by atoms with Crippen molar-refractivity contribution in [3.05, 3.63) is 86.5 Å². The van der Waals surface area contributed by atoms with Gasteiger partial charge < -0.3 is 23.9 Å². The van der Waals surface area contributed by atoms with Gasteiger partial charge in [-0.3, -0.25) is 4.90 Å². The van der Waals surface area contributed by atoms with Gasteiger partial charge in [0.1, 0.15) is 12.6 Å². The summed E-state index contributed by atoms with van der Waals surface area (Å²) in [5, 5.41) is 24.6. The zero-order valence-electron chi connectivity index (χ0n) is 25.6. The number of carbonyl (C=O) groups is 2. The lowest BCUT2D eigenvalue weighted by Gasteiger charge is -2.41. The Morgan fingerprint density at radius 3 is 2.52 bits per heavy atom. The predicted octanol–water partition coefficient (Wildman–Crippen LogP) is 2.77. The Morgan fingerprint density at radius 2 is 1.91 bits per heavy atom. The molecule has 1 fully saturated rings. The molecular formula is C31H33F3N6O6. The van der Waals surface area contributed by atoms with Gasteiger partial charge in [-0.15, -0.1) is 5.10 Å². The summed E-state index contributed by atoms with van der Waals surface area (Å²) in [5.41, 5.74) is 0.518. The summed E-state index contributed by atoms with van der Waals surface area (Å²) in [5.74, 6) is -0.750. The van der Waals surface area contributed by atoms with Crippen LogP contribution in [0.2, 0.25) is 0 Å². The largest absolute Gasteiger partial charge is 0.554 e. The molecule has 2 aliphatic rings. The zero-order valence-corrected chi connectivity index (χ0v) is 25.6. The van der Waals surface area contributed by atoms with Crippen molar-refractivity contribution in [3.8, 4) is 6.07 Å². The topological polar surface area (TPSA) is 153 Å². The molecule has 0 bridgehead atoms. The van der Waals surface area contributed by atoms with Crippen molar-refractivity contribution in [2.24, 2.45) is 0 Å². The number of quaternary nitrogens is 1. The van der Waals surface area contributed by atoms with Gasteiger partial charge >= 0.3 is 17.8 Å². The number of anilines is 2. The Morgan fingerprint density at radius 1 is 1.24 bits per heavy atom. The highest BCUT2D eigenvalue weighted by molar-refractivity contribution is 5.93. The van der Waals surface area contributed by atoms with Gasteiger partial charge in [0.15, 0.2) is 0 Å². The lowest BCUT2D eigenvalue weighted by atomic mass is 9.89. The molecule has 3 heterocycles. The van der Waals surface area contributed by atoms with Crippen molar-refractivity contribution >= 4 is 24.1 Å². The van der Waals surface area contributed by atoms with Gasteiger partial charge in [0.2, 0.25) is 5.95 Å². The van der Waals surface area contributed by atoms with E-state index in [2.05, 4.69) is 30.4 Å². The number of methoxy groups -OCH3 is 1. The molecule has 3 aromatic rings. The number of carbonyl (C=O) groups excluding carboxylic acids is 2. The number of ether oxygens (including phenoxy) is 2. The number of aromatic amines is 1. The van der Waals surface area contributed by atoms with Crippen LogP contribution in [0.15, 0.2) is 58.5 Å². The summed E-state index contributed by atoms with van der Waals surface area (Å²) >= 11 is 0. The number of nitrogens with one attached hydrogen (secondary N) is 1. The number of H-pyrrole nitrogens is 1. The van der Waals surface area contributed by atoms with Crippen LogP contribution in [0.25, 0.3) is 0 Å². The highest BCUT2D eigenvalue weighted by Gasteiger charge is 2.42. The first-order valence-corrected chi connectivity index (χ1v) is 14.2.